The zero-order valence-electron chi connectivity index (χ0n) is 11.2. The lowest BCUT2D eigenvalue weighted by Crippen LogP contribution is -2.11. The number of nitrogens with two attached hydrogens (primary N) is 1. The second kappa shape index (κ2) is 6.06. The lowest BCUT2D eigenvalue weighted by molar-refractivity contribution is -0.384. The first kappa shape index (κ1) is 13.9. The van der Waals surface area contributed by atoms with Gasteiger partial charge in [-0.2, -0.15) is 0 Å². The van der Waals surface area contributed by atoms with Crippen LogP contribution in [0.5, 0.6) is 0 Å². The van der Waals surface area contributed by atoms with Crippen LogP contribution in [0, 0.1) is 10.1 Å². The fourth-order valence-electron chi connectivity index (χ4n) is 1.99. The number of anilines is 2. The Morgan fingerprint density at radius 1 is 1.25 bits per heavy atom. The topological polar surface area (TPSA) is 81.2 Å². The molecule has 5 heteroatoms. The summed E-state index contributed by atoms with van der Waals surface area (Å²) in [6.07, 6.45) is 0. The number of hydrogen-bond acceptors (Lipinski definition) is 4. The van der Waals surface area contributed by atoms with E-state index in [1.807, 2.05) is 18.2 Å². The van der Waals surface area contributed by atoms with Crippen molar-refractivity contribution in [2.75, 3.05) is 17.6 Å². The molecule has 0 fully saturated rings. The van der Waals surface area contributed by atoms with Crippen LogP contribution in [-0.2, 0) is 0 Å². The highest BCUT2D eigenvalue weighted by Crippen LogP contribution is 2.25. The molecular weight excluding hydrogens is 254 g/mol. The van der Waals surface area contributed by atoms with Gasteiger partial charge in [-0.15, -0.1) is 0 Å². The molecule has 104 valence electrons. The van der Waals surface area contributed by atoms with Crippen molar-refractivity contribution in [1.82, 2.24) is 0 Å². The summed E-state index contributed by atoms with van der Waals surface area (Å²) in [4.78, 5) is 10.2. The highest BCUT2D eigenvalue weighted by molar-refractivity contribution is 5.69. The predicted molar refractivity (Wildman–Crippen MR) is 80.9 cm³/mol. The minimum atomic E-state index is -0.452. The number of nitrogens with one attached hydrogen (secondary N) is 1. The van der Waals surface area contributed by atoms with Gasteiger partial charge in [0.1, 0.15) is 0 Å². The Morgan fingerprint density at radius 2 is 1.95 bits per heavy atom. The van der Waals surface area contributed by atoms with Crippen molar-refractivity contribution < 1.29 is 4.92 Å². The first-order valence-corrected chi connectivity index (χ1v) is 6.40. The van der Waals surface area contributed by atoms with Crippen LogP contribution < -0.4 is 11.1 Å². The molecule has 0 heterocycles. The number of rotatable bonds is 5. The molecule has 0 radical (unpaired) electrons. The second-order valence-electron chi connectivity index (χ2n) is 4.72. The Hall–Kier alpha value is -2.56. The molecule has 0 saturated carbocycles. The van der Waals surface area contributed by atoms with Crippen LogP contribution in [0.15, 0.2) is 48.5 Å². The predicted octanol–water partition coefficient (Wildman–Crippen LogP) is 3.39. The molecule has 20 heavy (non-hydrogen) atoms. The van der Waals surface area contributed by atoms with Crippen molar-refractivity contribution in [3.05, 3.63) is 64.2 Å². The summed E-state index contributed by atoms with van der Waals surface area (Å²) >= 11 is 0. The van der Waals surface area contributed by atoms with E-state index in [4.69, 9.17) is 5.73 Å². The van der Waals surface area contributed by atoms with Crippen molar-refractivity contribution in [3.8, 4) is 0 Å². The molecule has 0 saturated heterocycles. The molecule has 2 rings (SSSR count). The van der Waals surface area contributed by atoms with E-state index in [2.05, 4.69) is 24.4 Å². The van der Waals surface area contributed by atoms with Crippen molar-refractivity contribution >= 4 is 17.1 Å². The summed E-state index contributed by atoms with van der Waals surface area (Å²) in [5.74, 6) is 0.325. The maximum absolute atomic E-state index is 10.6. The van der Waals surface area contributed by atoms with Gasteiger partial charge in [0.05, 0.1) is 16.3 Å². The van der Waals surface area contributed by atoms with Gasteiger partial charge in [0, 0.05) is 18.7 Å². The third kappa shape index (κ3) is 3.26. The second-order valence-corrected chi connectivity index (χ2v) is 4.72. The molecule has 0 aliphatic carbocycles. The molecule has 0 bridgehead atoms. The number of nitro groups is 1. The van der Waals surface area contributed by atoms with Crippen LogP contribution in [-0.4, -0.2) is 11.5 Å². The Bertz CT molecular complexity index is 599. The Labute approximate surface area is 117 Å². The van der Waals surface area contributed by atoms with Crippen LogP contribution in [0.3, 0.4) is 0 Å². The minimum absolute atomic E-state index is 0.00385. The minimum Gasteiger partial charge on any atom is -0.397 e. The molecule has 2 aromatic rings. The molecule has 0 aromatic heterocycles. The molecule has 2 aromatic carbocycles. The van der Waals surface area contributed by atoms with Gasteiger partial charge in [-0.05, 0) is 17.5 Å². The summed E-state index contributed by atoms with van der Waals surface area (Å²) in [6.45, 7) is 2.83. The molecule has 0 aliphatic heterocycles. The smallest absolute Gasteiger partial charge is 0.271 e. The summed E-state index contributed by atoms with van der Waals surface area (Å²) < 4.78 is 0. The maximum atomic E-state index is 10.6. The molecule has 3 N–H and O–H groups in total. The van der Waals surface area contributed by atoms with Gasteiger partial charge < -0.3 is 11.1 Å². The Balaban J connectivity index is 2.02. The van der Waals surface area contributed by atoms with E-state index in [1.165, 1.54) is 17.7 Å². The van der Waals surface area contributed by atoms with Crippen molar-refractivity contribution in [1.29, 1.82) is 0 Å². The van der Waals surface area contributed by atoms with Gasteiger partial charge in [-0.25, -0.2) is 0 Å². The van der Waals surface area contributed by atoms with Gasteiger partial charge in [-0.1, -0.05) is 37.3 Å². The monoisotopic (exact) mass is 271 g/mol. The summed E-state index contributed by atoms with van der Waals surface area (Å²) in [6, 6.07) is 14.6. The molecule has 1 atom stereocenters. The summed E-state index contributed by atoms with van der Waals surface area (Å²) in [7, 11) is 0. The van der Waals surface area contributed by atoms with Gasteiger partial charge >= 0.3 is 0 Å². The number of benzene rings is 2. The van der Waals surface area contributed by atoms with E-state index >= 15 is 0 Å². The van der Waals surface area contributed by atoms with Gasteiger partial charge in [-0.3, -0.25) is 10.1 Å². The lowest BCUT2D eigenvalue weighted by Gasteiger charge is -2.15. The third-order valence-electron chi connectivity index (χ3n) is 3.21. The van der Waals surface area contributed by atoms with Crippen molar-refractivity contribution in [3.63, 3.8) is 0 Å². The molecule has 5 nitrogen and oxygen atoms in total. The number of non-ortho nitro benzene ring substituents is 1. The van der Waals surface area contributed by atoms with Gasteiger partial charge in [0.15, 0.2) is 0 Å². The van der Waals surface area contributed by atoms with Crippen LogP contribution in [0.1, 0.15) is 18.4 Å². The van der Waals surface area contributed by atoms with E-state index in [0.717, 1.165) is 5.69 Å². The van der Waals surface area contributed by atoms with E-state index < -0.39 is 4.92 Å². The average molecular weight is 271 g/mol. The normalized spacial score (nSPS) is 11.8. The number of hydrogen-bond donors (Lipinski definition) is 2. The first-order chi connectivity index (χ1) is 9.58. The number of nitrogen functional groups attached to an aromatic ring is 1. The van der Waals surface area contributed by atoms with Crippen LogP contribution >= 0.6 is 0 Å². The molecule has 1 unspecified atom stereocenters. The molecule has 0 spiro atoms. The zero-order chi connectivity index (χ0) is 14.5. The third-order valence-corrected chi connectivity index (χ3v) is 3.21. The Morgan fingerprint density at radius 3 is 2.55 bits per heavy atom. The highest BCUT2D eigenvalue weighted by atomic mass is 16.6. The van der Waals surface area contributed by atoms with Gasteiger partial charge in [0.25, 0.3) is 5.69 Å². The average Bonchev–Trinajstić information content (AvgIpc) is 2.46. The highest BCUT2D eigenvalue weighted by Gasteiger charge is 2.10. The van der Waals surface area contributed by atoms with E-state index in [0.29, 0.717) is 18.2 Å². The van der Waals surface area contributed by atoms with Crippen LogP contribution in [0.2, 0.25) is 0 Å². The van der Waals surface area contributed by atoms with Crippen molar-refractivity contribution in [2.24, 2.45) is 0 Å². The van der Waals surface area contributed by atoms with Crippen LogP contribution in [0.4, 0.5) is 17.1 Å². The van der Waals surface area contributed by atoms with E-state index in [1.54, 1.807) is 6.07 Å². The molecular formula is C15H17N3O2. The fourth-order valence-corrected chi connectivity index (χ4v) is 1.99. The zero-order valence-corrected chi connectivity index (χ0v) is 11.2. The lowest BCUT2D eigenvalue weighted by atomic mass is 10.0. The fraction of sp³-hybridized carbons (Fsp3) is 0.200. The largest absolute Gasteiger partial charge is 0.397 e. The summed E-state index contributed by atoms with van der Waals surface area (Å²) in [5, 5.41) is 13.9. The quantitative estimate of drug-likeness (QED) is 0.496. The summed E-state index contributed by atoms with van der Waals surface area (Å²) in [5.41, 5.74) is 8.17. The first-order valence-electron chi connectivity index (χ1n) is 6.40. The van der Waals surface area contributed by atoms with E-state index in [9.17, 15) is 10.1 Å². The molecule has 0 aliphatic rings. The number of nitro benzene ring substituents is 1. The standard InChI is InChI=1S/C15H17N3O2/c1-11(12-5-3-2-4-6-12)10-17-15-8-7-13(18(19)20)9-14(15)16/h2-9,11,17H,10,16H2,1H3. The van der Waals surface area contributed by atoms with Gasteiger partial charge in [0.2, 0.25) is 0 Å². The Kier molecular flexibility index (Phi) is 4.20. The van der Waals surface area contributed by atoms with Crippen molar-refractivity contribution in [2.45, 2.75) is 12.8 Å². The molecule has 0 amide bonds. The van der Waals surface area contributed by atoms with Crippen LogP contribution in [0.25, 0.3) is 0 Å². The number of nitrogens with zero attached hydrogens (tertiary/aromatic N) is 1. The SMILES string of the molecule is CC(CNc1ccc([N+](=O)[O-])cc1N)c1ccccc1. The maximum Gasteiger partial charge on any atom is 0.271 e. The van der Waals surface area contributed by atoms with E-state index in [-0.39, 0.29) is 5.69 Å².